The summed E-state index contributed by atoms with van der Waals surface area (Å²) in [5, 5.41) is 3.48. The Morgan fingerprint density at radius 3 is 2.60 bits per heavy atom. The summed E-state index contributed by atoms with van der Waals surface area (Å²) < 4.78 is 5.60. The molecule has 1 atom stereocenters. The fraction of sp³-hybridized carbons (Fsp3) is 0.333. The van der Waals surface area contributed by atoms with E-state index < -0.39 is 0 Å². The van der Waals surface area contributed by atoms with Gasteiger partial charge in [0.1, 0.15) is 5.75 Å². The molecule has 0 saturated heterocycles. The van der Waals surface area contributed by atoms with Crippen molar-refractivity contribution in [2.45, 2.75) is 26.8 Å². The maximum absolute atomic E-state index is 5.60. The maximum atomic E-state index is 5.60. The first-order valence-electron chi connectivity index (χ1n) is 7.31. The molecule has 0 radical (unpaired) electrons. The summed E-state index contributed by atoms with van der Waals surface area (Å²) in [7, 11) is 0. The van der Waals surface area contributed by atoms with Gasteiger partial charge in [-0.15, -0.1) is 0 Å². The van der Waals surface area contributed by atoms with Crippen molar-refractivity contribution in [3.63, 3.8) is 0 Å². The predicted octanol–water partition coefficient (Wildman–Crippen LogP) is 4.42. The molecule has 20 heavy (non-hydrogen) atoms. The molecule has 2 nitrogen and oxygen atoms in total. The van der Waals surface area contributed by atoms with Gasteiger partial charge in [-0.05, 0) is 49.2 Å². The zero-order chi connectivity index (χ0) is 14.4. The van der Waals surface area contributed by atoms with Crippen LogP contribution in [0.5, 0.6) is 5.75 Å². The van der Waals surface area contributed by atoms with E-state index in [9.17, 15) is 0 Å². The average Bonchev–Trinajstić information content (AvgIpc) is 2.48. The van der Waals surface area contributed by atoms with E-state index in [2.05, 4.69) is 61.6 Å². The van der Waals surface area contributed by atoms with E-state index in [-0.39, 0.29) is 0 Å². The molecule has 0 aliphatic heterocycles. The second kappa shape index (κ2) is 7.11. The predicted molar refractivity (Wildman–Crippen MR) is 85.1 cm³/mol. The third-order valence-corrected chi connectivity index (χ3v) is 3.39. The average molecular weight is 269 g/mol. The molecule has 2 heteroatoms. The van der Waals surface area contributed by atoms with Gasteiger partial charge in [0, 0.05) is 6.04 Å². The molecule has 0 aliphatic rings. The summed E-state index contributed by atoms with van der Waals surface area (Å²) in [4.78, 5) is 0. The van der Waals surface area contributed by atoms with Crippen molar-refractivity contribution in [2.24, 2.45) is 0 Å². The Morgan fingerprint density at radius 1 is 1.05 bits per heavy atom. The van der Waals surface area contributed by atoms with Gasteiger partial charge in [0.25, 0.3) is 0 Å². The lowest BCUT2D eigenvalue weighted by molar-refractivity contribution is 0.340. The summed E-state index contributed by atoms with van der Waals surface area (Å²) in [5.41, 5.74) is 3.79. The highest BCUT2D eigenvalue weighted by Crippen LogP contribution is 2.30. The van der Waals surface area contributed by atoms with Crippen molar-refractivity contribution in [3.05, 3.63) is 54.1 Å². The molecule has 0 aliphatic carbocycles. The lowest BCUT2D eigenvalue weighted by Crippen LogP contribution is -2.18. The molecule has 0 fully saturated rings. The molecule has 0 bridgehead atoms. The number of rotatable bonds is 6. The van der Waals surface area contributed by atoms with E-state index in [1.807, 2.05) is 13.0 Å². The van der Waals surface area contributed by atoms with Crippen molar-refractivity contribution in [1.82, 2.24) is 5.32 Å². The van der Waals surface area contributed by atoms with Crippen LogP contribution >= 0.6 is 0 Å². The monoisotopic (exact) mass is 269 g/mol. The van der Waals surface area contributed by atoms with Crippen LogP contribution in [0.2, 0.25) is 0 Å². The Hall–Kier alpha value is -1.80. The Bertz CT molecular complexity index is 551. The highest BCUT2D eigenvalue weighted by molar-refractivity contribution is 5.69. The summed E-state index contributed by atoms with van der Waals surface area (Å²) in [6, 6.07) is 17.2. The minimum atomic E-state index is 0.340. The SMILES string of the molecule is CCNC(C)c1ccccc1-c1cccc(OCC)c1. The van der Waals surface area contributed by atoms with Gasteiger partial charge in [-0.25, -0.2) is 0 Å². The molecule has 0 saturated carbocycles. The smallest absolute Gasteiger partial charge is 0.119 e. The lowest BCUT2D eigenvalue weighted by Gasteiger charge is -2.17. The van der Waals surface area contributed by atoms with Gasteiger partial charge in [0.2, 0.25) is 0 Å². The molecule has 0 heterocycles. The van der Waals surface area contributed by atoms with Crippen molar-refractivity contribution in [3.8, 4) is 16.9 Å². The fourth-order valence-corrected chi connectivity index (χ4v) is 2.47. The number of nitrogens with one attached hydrogen (secondary N) is 1. The molecule has 2 aromatic rings. The maximum Gasteiger partial charge on any atom is 0.119 e. The second-order valence-electron chi connectivity index (χ2n) is 4.83. The minimum absolute atomic E-state index is 0.340. The minimum Gasteiger partial charge on any atom is -0.494 e. The van der Waals surface area contributed by atoms with Crippen molar-refractivity contribution in [2.75, 3.05) is 13.2 Å². The van der Waals surface area contributed by atoms with Crippen LogP contribution in [0.1, 0.15) is 32.4 Å². The molecule has 0 amide bonds. The van der Waals surface area contributed by atoms with Gasteiger partial charge in [0.05, 0.1) is 6.61 Å². The highest BCUT2D eigenvalue weighted by Gasteiger charge is 2.10. The quantitative estimate of drug-likeness (QED) is 0.838. The molecular weight excluding hydrogens is 246 g/mol. The third-order valence-electron chi connectivity index (χ3n) is 3.39. The zero-order valence-corrected chi connectivity index (χ0v) is 12.5. The molecule has 106 valence electrons. The normalized spacial score (nSPS) is 12.2. The molecule has 2 rings (SSSR count). The van der Waals surface area contributed by atoms with Crippen LogP contribution in [-0.2, 0) is 0 Å². The van der Waals surface area contributed by atoms with Gasteiger partial charge in [0.15, 0.2) is 0 Å². The highest BCUT2D eigenvalue weighted by atomic mass is 16.5. The Morgan fingerprint density at radius 2 is 1.85 bits per heavy atom. The molecule has 0 aromatic heterocycles. The number of hydrogen-bond acceptors (Lipinski definition) is 2. The number of hydrogen-bond donors (Lipinski definition) is 1. The van der Waals surface area contributed by atoms with E-state index in [4.69, 9.17) is 4.74 Å². The largest absolute Gasteiger partial charge is 0.494 e. The molecular formula is C18H23NO. The van der Waals surface area contributed by atoms with E-state index in [0.717, 1.165) is 12.3 Å². The van der Waals surface area contributed by atoms with Crippen molar-refractivity contribution >= 4 is 0 Å². The van der Waals surface area contributed by atoms with Gasteiger partial charge in [-0.3, -0.25) is 0 Å². The van der Waals surface area contributed by atoms with Gasteiger partial charge >= 0.3 is 0 Å². The van der Waals surface area contributed by atoms with E-state index >= 15 is 0 Å². The van der Waals surface area contributed by atoms with Crippen LogP contribution in [0.3, 0.4) is 0 Å². The zero-order valence-electron chi connectivity index (χ0n) is 12.5. The first-order chi connectivity index (χ1) is 9.76. The van der Waals surface area contributed by atoms with Crippen LogP contribution in [0.25, 0.3) is 11.1 Å². The first kappa shape index (κ1) is 14.6. The van der Waals surface area contributed by atoms with Crippen molar-refractivity contribution < 1.29 is 4.74 Å². The van der Waals surface area contributed by atoms with Crippen LogP contribution in [-0.4, -0.2) is 13.2 Å². The van der Waals surface area contributed by atoms with E-state index in [0.29, 0.717) is 12.6 Å². The first-order valence-corrected chi connectivity index (χ1v) is 7.31. The summed E-state index contributed by atoms with van der Waals surface area (Å²) in [6.07, 6.45) is 0. The van der Waals surface area contributed by atoms with Crippen LogP contribution in [0, 0.1) is 0 Å². The summed E-state index contributed by atoms with van der Waals surface area (Å²) in [6.45, 7) is 8.00. The van der Waals surface area contributed by atoms with Crippen molar-refractivity contribution in [1.29, 1.82) is 0 Å². The van der Waals surface area contributed by atoms with Crippen LogP contribution < -0.4 is 10.1 Å². The second-order valence-corrected chi connectivity index (χ2v) is 4.83. The van der Waals surface area contributed by atoms with Gasteiger partial charge < -0.3 is 10.1 Å². The van der Waals surface area contributed by atoms with Crippen LogP contribution in [0.4, 0.5) is 0 Å². The summed E-state index contributed by atoms with van der Waals surface area (Å²) >= 11 is 0. The Labute approximate surface area is 121 Å². The lowest BCUT2D eigenvalue weighted by atomic mass is 9.95. The van der Waals surface area contributed by atoms with Gasteiger partial charge in [-0.1, -0.05) is 43.3 Å². The summed E-state index contributed by atoms with van der Waals surface area (Å²) in [5.74, 6) is 0.927. The Balaban J connectivity index is 2.39. The molecule has 1 N–H and O–H groups in total. The topological polar surface area (TPSA) is 21.3 Å². The number of benzene rings is 2. The molecule has 1 unspecified atom stereocenters. The molecule has 2 aromatic carbocycles. The van der Waals surface area contributed by atoms with Crippen LogP contribution in [0.15, 0.2) is 48.5 Å². The number of ether oxygens (including phenoxy) is 1. The Kier molecular flexibility index (Phi) is 5.19. The van der Waals surface area contributed by atoms with E-state index in [1.54, 1.807) is 0 Å². The standard InChI is InChI=1S/C18H23NO/c1-4-19-14(3)17-11-6-7-12-18(17)15-9-8-10-16(13-15)20-5-2/h6-14,19H,4-5H2,1-3H3. The fourth-order valence-electron chi connectivity index (χ4n) is 2.47. The third kappa shape index (κ3) is 3.40. The molecule has 0 spiro atoms. The van der Waals surface area contributed by atoms with Gasteiger partial charge in [-0.2, -0.15) is 0 Å². The van der Waals surface area contributed by atoms with E-state index in [1.165, 1.54) is 16.7 Å².